The van der Waals surface area contributed by atoms with Gasteiger partial charge in [0.15, 0.2) is 0 Å². The molecule has 164 valence electrons. The molecule has 5 rings (SSSR count). The minimum absolute atomic E-state index is 0.0740. The molecule has 10 nitrogen and oxygen atoms in total. The summed E-state index contributed by atoms with van der Waals surface area (Å²) in [6.07, 6.45) is 3.46. The summed E-state index contributed by atoms with van der Waals surface area (Å²) in [5.41, 5.74) is 1.34. The number of aromatic nitrogens is 2. The highest BCUT2D eigenvalue weighted by Crippen LogP contribution is 2.35. The maximum absolute atomic E-state index is 13.1. The van der Waals surface area contributed by atoms with Crippen LogP contribution in [-0.2, 0) is 9.59 Å². The Morgan fingerprint density at radius 3 is 2.59 bits per heavy atom. The van der Waals surface area contributed by atoms with Crippen molar-refractivity contribution in [1.82, 2.24) is 19.6 Å². The van der Waals surface area contributed by atoms with Crippen LogP contribution in [0.15, 0.2) is 35.1 Å². The first-order valence-corrected chi connectivity index (χ1v) is 10.2. The number of hydrogen-bond acceptors (Lipinski definition) is 7. The zero-order valence-corrected chi connectivity index (χ0v) is 17.8. The van der Waals surface area contributed by atoms with Gasteiger partial charge in [-0.15, -0.1) is 0 Å². The molecule has 32 heavy (non-hydrogen) atoms. The number of carbonyl (C=O) groups excluding carboxylic acids is 4. The topological polar surface area (TPSA) is 126 Å². The molecule has 2 N–H and O–H groups in total. The molecule has 1 unspecified atom stereocenters. The number of anilines is 1. The highest BCUT2D eigenvalue weighted by Gasteiger charge is 2.44. The van der Waals surface area contributed by atoms with Crippen molar-refractivity contribution in [2.24, 2.45) is 0 Å². The van der Waals surface area contributed by atoms with E-state index in [4.69, 9.17) is 4.42 Å². The molecule has 2 aliphatic heterocycles. The lowest BCUT2D eigenvalue weighted by Gasteiger charge is -2.27. The predicted molar refractivity (Wildman–Crippen MR) is 113 cm³/mol. The van der Waals surface area contributed by atoms with Crippen molar-refractivity contribution in [1.29, 1.82) is 0 Å². The standard InChI is InChI=1S/C22H21N5O5/c1-22(2,3)25-17-16(24-21-26(17)8-9-32-21)11-4-5-12-13(10-11)20(31)27(19(12)30)14-6-7-15(28)23-18(14)29/h4-5,8-10,14,25H,6-7H2,1-3H3,(H,23,28,29). The van der Waals surface area contributed by atoms with Crippen molar-refractivity contribution in [3.8, 4) is 11.3 Å². The van der Waals surface area contributed by atoms with Gasteiger partial charge in [-0.1, -0.05) is 6.07 Å². The SMILES string of the molecule is CC(C)(C)Nc1c(-c2ccc3c(c2)C(=O)N(C2CCC(=O)NC2=O)C3=O)nc2occn12. The fourth-order valence-corrected chi connectivity index (χ4v) is 4.08. The summed E-state index contributed by atoms with van der Waals surface area (Å²) in [5, 5.41) is 5.61. The second-order valence-corrected chi connectivity index (χ2v) is 8.95. The van der Waals surface area contributed by atoms with Crippen LogP contribution in [0.4, 0.5) is 5.82 Å². The molecule has 4 heterocycles. The first kappa shape index (κ1) is 20.0. The minimum atomic E-state index is -1.00. The molecule has 0 radical (unpaired) electrons. The Balaban J connectivity index is 1.55. The largest absolute Gasteiger partial charge is 0.432 e. The molecule has 0 spiro atoms. The quantitative estimate of drug-likeness (QED) is 0.604. The lowest BCUT2D eigenvalue weighted by molar-refractivity contribution is -0.136. The third-order valence-corrected chi connectivity index (χ3v) is 5.47. The summed E-state index contributed by atoms with van der Waals surface area (Å²) >= 11 is 0. The van der Waals surface area contributed by atoms with Crippen LogP contribution in [0.5, 0.6) is 0 Å². The highest BCUT2D eigenvalue weighted by molar-refractivity contribution is 6.23. The molecule has 0 bridgehead atoms. The van der Waals surface area contributed by atoms with Gasteiger partial charge >= 0.3 is 5.84 Å². The molecule has 10 heteroatoms. The number of oxazole rings is 1. The lowest BCUT2D eigenvalue weighted by atomic mass is 10.0. The Kier molecular flexibility index (Phi) is 4.23. The van der Waals surface area contributed by atoms with Crippen LogP contribution in [0.25, 0.3) is 17.1 Å². The number of amides is 4. The summed E-state index contributed by atoms with van der Waals surface area (Å²) in [5.74, 6) is -1.07. The number of hydrogen-bond donors (Lipinski definition) is 2. The summed E-state index contributed by atoms with van der Waals surface area (Å²) in [4.78, 5) is 55.3. The van der Waals surface area contributed by atoms with E-state index in [1.54, 1.807) is 28.8 Å². The number of benzene rings is 1. The van der Waals surface area contributed by atoms with E-state index in [2.05, 4.69) is 15.6 Å². The fourth-order valence-electron chi connectivity index (χ4n) is 4.08. The van der Waals surface area contributed by atoms with Crippen molar-refractivity contribution in [3.05, 3.63) is 41.8 Å². The zero-order chi connectivity index (χ0) is 22.8. The minimum Gasteiger partial charge on any atom is -0.432 e. The van der Waals surface area contributed by atoms with Crippen LogP contribution in [0, 0.1) is 0 Å². The van der Waals surface area contributed by atoms with E-state index < -0.39 is 29.7 Å². The average molecular weight is 435 g/mol. The zero-order valence-electron chi connectivity index (χ0n) is 17.8. The van der Waals surface area contributed by atoms with Crippen molar-refractivity contribution >= 4 is 35.3 Å². The number of imidazole rings is 1. The number of imide groups is 2. The fraction of sp³-hybridized carbons (Fsp3) is 0.318. The van der Waals surface area contributed by atoms with Gasteiger partial charge in [0.05, 0.1) is 17.3 Å². The molecule has 2 aliphatic rings. The van der Waals surface area contributed by atoms with Gasteiger partial charge in [-0.3, -0.25) is 33.8 Å². The van der Waals surface area contributed by atoms with E-state index in [-0.39, 0.29) is 29.5 Å². The smallest absolute Gasteiger partial charge is 0.307 e. The van der Waals surface area contributed by atoms with Crippen molar-refractivity contribution in [2.75, 3.05) is 5.32 Å². The Bertz CT molecular complexity index is 1310. The summed E-state index contributed by atoms with van der Waals surface area (Å²) in [7, 11) is 0. The molecule has 0 aliphatic carbocycles. The second kappa shape index (κ2) is 6.78. The molecule has 0 saturated carbocycles. The van der Waals surface area contributed by atoms with E-state index in [9.17, 15) is 19.2 Å². The maximum Gasteiger partial charge on any atom is 0.307 e. The molecular weight excluding hydrogens is 414 g/mol. The molecule has 1 saturated heterocycles. The van der Waals surface area contributed by atoms with Gasteiger partial charge in [0.1, 0.15) is 23.8 Å². The predicted octanol–water partition coefficient (Wildman–Crippen LogP) is 2.21. The Morgan fingerprint density at radius 1 is 1.12 bits per heavy atom. The van der Waals surface area contributed by atoms with E-state index in [0.29, 0.717) is 22.9 Å². The summed E-state index contributed by atoms with van der Waals surface area (Å²) < 4.78 is 7.21. The number of nitrogens with zero attached hydrogens (tertiary/aromatic N) is 3. The van der Waals surface area contributed by atoms with Crippen LogP contribution < -0.4 is 10.6 Å². The third-order valence-electron chi connectivity index (χ3n) is 5.47. The summed E-state index contributed by atoms with van der Waals surface area (Å²) in [6, 6.07) is 3.89. The highest BCUT2D eigenvalue weighted by atomic mass is 16.3. The van der Waals surface area contributed by atoms with E-state index in [0.717, 1.165) is 4.90 Å². The van der Waals surface area contributed by atoms with Gasteiger partial charge < -0.3 is 9.73 Å². The molecule has 1 atom stereocenters. The van der Waals surface area contributed by atoms with Gasteiger partial charge in [0.25, 0.3) is 11.8 Å². The molecule has 2 aromatic heterocycles. The number of carbonyl (C=O) groups is 4. The first-order chi connectivity index (χ1) is 15.1. The molecule has 1 fully saturated rings. The van der Waals surface area contributed by atoms with Crippen molar-refractivity contribution in [2.45, 2.75) is 45.2 Å². The second-order valence-electron chi connectivity index (χ2n) is 8.95. The van der Waals surface area contributed by atoms with Crippen LogP contribution in [-0.4, -0.2) is 49.5 Å². The molecule has 4 amide bonds. The van der Waals surface area contributed by atoms with E-state index in [1.807, 2.05) is 20.8 Å². The Labute approximate surface area is 182 Å². The first-order valence-electron chi connectivity index (χ1n) is 10.2. The van der Waals surface area contributed by atoms with Crippen LogP contribution >= 0.6 is 0 Å². The van der Waals surface area contributed by atoms with E-state index >= 15 is 0 Å². The van der Waals surface area contributed by atoms with Gasteiger partial charge in [-0.25, -0.2) is 0 Å². The van der Waals surface area contributed by atoms with Crippen LogP contribution in [0.3, 0.4) is 0 Å². The van der Waals surface area contributed by atoms with Gasteiger partial charge in [0, 0.05) is 17.5 Å². The van der Waals surface area contributed by atoms with E-state index in [1.165, 1.54) is 6.26 Å². The number of rotatable bonds is 3. The van der Waals surface area contributed by atoms with Crippen molar-refractivity contribution in [3.63, 3.8) is 0 Å². The molecule has 1 aromatic carbocycles. The average Bonchev–Trinajstić information content (AvgIpc) is 3.36. The maximum atomic E-state index is 13.1. The third kappa shape index (κ3) is 3.06. The molecule has 3 aromatic rings. The normalized spacial score (nSPS) is 19.0. The van der Waals surface area contributed by atoms with Gasteiger partial charge in [-0.05, 0) is 39.3 Å². The molecular formula is C22H21N5O5. The van der Waals surface area contributed by atoms with Crippen LogP contribution in [0.1, 0.15) is 54.3 Å². The summed E-state index contributed by atoms with van der Waals surface area (Å²) in [6.45, 7) is 6.04. The van der Waals surface area contributed by atoms with Crippen LogP contribution in [0.2, 0.25) is 0 Å². The Hall–Kier alpha value is -3.95. The number of fused-ring (bicyclic) bond motifs is 2. The number of nitrogens with one attached hydrogen (secondary N) is 2. The van der Waals surface area contributed by atoms with Crippen molar-refractivity contribution < 1.29 is 23.6 Å². The van der Waals surface area contributed by atoms with Gasteiger partial charge in [0.2, 0.25) is 11.8 Å². The van der Waals surface area contributed by atoms with Gasteiger partial charge in [-0.2, -0.15) is 4.98 Å². The lowest BCUT2D eigenvalue weighted by Crippen LogP contribution is -2.54. The number of piperidine rings is 1. The monoisotopic (exact) mass is 435 g/mol. The Morgan fingerprint density at radius 2 is 1.88 bits per heavy atom.